The standard InChI is InChI=1S/C14H20N4O/c1-2-18-13(10-19-11-5-8-15-9-6-11)17-12-4-3-7-16-14(12)18/h3-4,7,11,15H,2,5-6,8-10H2,1H3. The Morgan fingerprint density at radius 1 is 1.42 bits per heavy atom. The number of aryl methyl sites for hydroxylation is 1. The Labute approximate surface area is 113 Å². The van der Waals surface area contributed by atoms with Gasteiger partial charge in [0.05, 0.1) is 6.10 Å². The van der Waals surface area contributed by atoms with Crippen LogP contribution in [0, 0.1) is 0 Å². The molecule has 0 atom stereocenters. The summed E-state index contributed by atoms with van der Waals surface area (Å²) in [5, 5.41) is 3.35. The summed E-state index contributed by atoms with van der Waals surface area (Å²) in [6.45, 7) is 5.67. The molecule has 2 aromatic rings. The molecule has 1 aliphatic rings. The van der Waals surface area contributed by atoms with Crippen molar-refractivity contribution in [2.45, 2.75) is 39.0 Å². The third-order valence-electron chi connectivity index (χ3n) is 3.63. The molecule has 3 rings (SSSR count). The van der Waals surface area contributed by atoms with Gasteiger partial charge in [0.15, 0.2) is 5.65 Å². The van der Waals surface area contributed by atoms with E-state index in [9.17, 15) is 0 Å². The summed E-state index contributed by atoms with van der Waals surface area (Å²) in [6.07, 6.45) is 4.35. The highest BCUT2D eigenvalue weighted by atomic mass is 16.5. The van der Waals surface area contributed by atoms with Crippen molar-refractivity contribution in [3.8, 4) is 0 Å². The van der Waals surface area contributed by atoms with E-state index in [0.29, 0.717) is 12.7 Å². The van der Waals surface area contributed by atoms with E-state index in [1.165, 1.54) is 0 Å². The van der Waals surface area contributed by atoms with Gasteiger partial charge in [0, 0.05) is 12.7 Å². The molecule has 0 unspecified atom stereocenters. The van der Waals surface area contributed by atoms with Crippen LogP contribution in [0.15, 0.2) is 18.3 Å². The number of nitrogens with one attached hydrogen (secondary N) is 1. The first kappa shape index (κ1) is 12.6. The Kier molecular flexibility index (Phi) is 3.75. The van der Waals surface area contributed by atoms with E-state index in [2.05, 4.69) is 26.8 Å². The molecule has 2 aromatic heterocycles. The maximum absolute atomic E-state index is 5.99. The van der Waals surface area contributed by atoms with E-state index in [1.807, 2.05) is 18.3 Å². The van der Waals surface area contributed by atoms with Gasteiger partial charge in [0.25, 0.3) is 0 Å². The van der Waals surface area contributed by atoms with Crippen LogP contribution in [0.2, 0.25) is 0 Å². The van der Waals surface area contributed by atoms with Crippen molar-refractivity contribution < 1.29 is 4.74 Å². The van der Waals surface area contributed by atoms with Gasteiger partial charge in [-0.05, 0) is 45.0 Å². The van der Waals surface area contributed by atoms with E-state index in [-0.39, 0.29) is 0 Å². The summed E-state index contributed by atoms with van der Waals surface area (Å²) in [7, 11) is 0. The number of fused-ring (bicyclic) bond motifs is 1. The Bertz CT molecular complexity index is 545. The Hall–Kier alpha value is -1.46. The summed E-state index contributed by atoms with van der Waals surface area (Å²) in [4.78, 5) is 9.03. The van der Waals surface area contributed by atoms with Gasteiger partial charge in [-0.15, -0.1) is 0 Å². The van der Waals surface area contributed by atoms with Crippen LogP contribution in [0.3, 0.4) is 0 Å². The molecular formula is C14H20N4O. The lowest BCUT2D eigenvalue weighted by Crippen LogP contribution is -2.32. The molecule has 1 N–H and O–H groups in total. The first-order valence-corrected chi connectivity index (χ1v) is 7.01. The monoisotopic (exact) mass is 260 g/mol. The molecule has 0 aromatic carbocycles. The number of rotatable bonds is 4. The van der Waals surface area contributed by atoms with Gasteiger partial charge in [-0.1, -0.05) is 0 Å². The number of nitrogens with zero attached hydrogens (tertiary/aromatic N) is 3. The number of imidazole rings is 1. The van der Waals surface area contributed by atoms with Crippen molar-refractivity contribution in [3.63, 3.8) is 0 Å². The molecule has 0 bridgehead atoms. The number of ether oxygens (including phenoxy) is 1. The van der Waals surface area contributed by atoms with Crippen LogP contribution in [-0.4, -0.2) is 33.7 Å². The predicted molar refractivity (Wildman–Crippen MR) is 73.9 cm³/mol. The van der Waals surface area contributed by atoms with Gasteiger partial charge in [-0.25, -0.2) is 9.97 Å². The van der Waals surface area contributed by atoms with Crippen LogP contribution in [0.1, 0.15) is 25.6 Å². The zero-order valence-electron chi connectivity index (χ0n) is 11.3. The molecule has 1 fully saturated rings. The molecule has 3 heterocycles. The minimum absolute atomic E-state index is 0.360. The van der Waals surface area contributed by atoms with Gasteiger partial charge in [0.1, 0.15) is 17.9 Å². The fourth-order valence-electron chi connectivity index (χ4n) is 2.60. The molecule has 0 spiro atoms. The third-order valence-corrected chi connectivity index (χ3v) is 3.63. The average Bonchev–Trinajstić information content (AvgIpc) is 2.83. The van der Waals surface area contributed by atoms with Crippen molar-refractivity contribution in [1.82, 2.24) is 19.9 Å². The number of aromatic nitrogens is 3. The van der Waals surface area contributed by atoms with Crippen molar-refractivity contribution in [2.24, 2.45) is 0 Å². The molecule has 1 saturated heterocycles. The molecule has 0 aliphatic carbocycles. The molecule has 0 saturated carbocycles. The molecule has 1 aliphatic heterocycles. The lowest BCUT2D eigenvalue weighted by molar-refractivity contribution is 0.0167. The minimum Gasteiger partial charge on any atom is -0.370 e. The molecule has 102 valence electrons. The first-order valence-electron chi connectivity index (χ1n) is 7.01. The lowest BCUT2D eigenvalue weighted by Gasteiger charge is -2.22. The van der Waals surface area contributed by atoms with Gasteiger partial charge >= 0.3 is 0 Å². The smallest absolute Gasteiger partial charge is 0.160 e. The number of hydrogen-bond acceptors (Lipinski definition) is 4. The molecule has 5 heteroatoms. The van der Waals surface area contributed by atoms with Gasteiger partial charge in [-0.3, -0.25) is 0 Å². The van der Waals surface area contributed by atoms with Gasteiger partial charge in [0.2, 0.25) is 0 Å². The topological polar surface area (TPSA) is 52.0 Å². The fraction of sp³-hybridized carbons (Fsp3) is 0.571. The van der Waals surface area contributed by atoms with E-state index in [0.717, 1.165) is 49.5 Å². The van der Waals surface area contributed by atoms with E-state index in [4.69, 9.17) is 4.74 Å². The summed E-state index contributed by atoms with van der Waals surface area (Å²) >= 11 is 0. The number of piperidine rings is 1. The van der Waals surface area contributed by atoms with Crippen molar-refractivity contribution in [3.05, 3.63) is 24.2 Å². The summed E-state index contributed by atoms with van der Waals surface area (Å²) in [5.41, 5.74) is 1.90. The number of pyridine rings is 1. The normalized spacial score (nSPS) is 17.1. The lowest BCUT2D eigenvalue weighted by atomic mass is 10.1. The number of hydrogen-bond donors (Lipinski definition) is 1. The van der Waals surface area contributed by atoms with Crippen LogP contribution in [0.4, 0.5) is 0 Å². The highest BCUT2D eigenvalue weighted by Gasteiger charge is 2.16. The third kappa shape index (κ3) is 2.62. The van der Waals surface area contributed by atoms with Crippen LogP contribution >= 0.6 is 0 Å². The minimum atomic E-state index is 0.360. The van der Waals surface area contributed by atoms with Crippen molar-refractivity contribution >= 4 is 11.2 Å². The van der Waals surface area contributed by atoms with Crippen LogP contribution in [0.5, 0.6) is 0 Å². The van der Waals surface area contributed by atoms with E-state index >= 15 is 0 Å². The van der Waals surface area contributed by atoms with Crippen LogP contribution in [0.25, 0.3) is 11.2 Å². The molecule has 5 nitrogen and oxygen atoms in total. The van der Waals surface area contributed by atoms with Gasteiger partial charge < -0.3 is 14.6 Å². The highest BCUT2D eigenvalue weighted by Crippen LogP contribution is 2.16. The van der Waals surface area contributed by atoms with E-state index < -0.39 is 0 Å². The molecular weight excluding hydrogens is 240 g/mol. The second-order valence-corrected chi connectivity index (χ2v) is 4.88. The average molecular weight is 260 g/mol. The fourth-order valence-corrected chi connectivity index (χ4v) is 2.60. The largest absolute Gasteiger partial charge is 0.370 e. The Morgan fingerprint density at radius 3 is 3.05 bits per heavy atom. The molecule has 0 radical (unpaired) electrons. The second-order valence-electron chi connectivity index (χ2n) is 4.88. The quantitative estimate of drug-likeness (QED) is 0.909. The van der Waals surface area contributed by atoms with Crippen molar-refractivity contribution in [1.29, 1.82) is 0 Å². The molecule has 0 amide bonds. The highest BCUT2D eigenvalue weighted by molar-refractivity contribution is 5.71. The Balaban J connectivity index is 1.76. The summed E-state index contributed by atoms with van der Waals surface area (Å²) in [5.74, 6) is 0.981. The zero-order chi connectivity index (χ0) is 13.1. The molecule has 19 heavy (non-hydrogen) atoms. The maximum atomic E-state index is 5.99. The SMILES string of the molecule is CCn1c(COC2CCNCC2)nc2cccnc21. The van der Waals surface area contributed by atoms with Crippen LogP contribution in [-0.2, 0) is 17.9 Å². The van der Waals surface area contributed by atoms with E-state index in [1.54, 1.807) is 0 Å². The second kappa shape index (κ2) is 5.67. The maximum Gasteiger partial charge on any atom is 0.160 e. The van der Waals surface area contributed by atoms with Crippen molar-refractivity contribution in [2.75, 3.05) is 13.1 Å². The van der Waals surface area contributed by atoms with Crippen LogP contribution < -0.4 is 5.32 Å². The predicted octanol–water partition coefficient (Wildman–Crippen LogP) is 1.72. The van der Waals surface area contributed by atoms with Gasteiger partial charge in [-0.2, -0.15) is 0 Å². The summed E-state index contributed by atoms with van der Waals surface area (Å²) < 4.78 is 8.13. The Morgan fingerprint density at radius 2 is 2.26 bits per heavy atom. The first-order chi connectivity index (χ1) is 9.38. The zero-order valence-corrected chi connectivity index (χ0v) is 11.3. The summed E-state index contributed by atoms with van der Waals surface area (Å²) in [6, 6.07) is 3.93.